The Morgan fingerprint density at radius 1 is 1.09 bits per heavy atom. The first-order valence-corrected chi connectivity index (χ1v) is 10.9. The van der Waals surface area contributed by atoms with Crippen molar-refractivity contribution in [2.24, 2.45) is 0 Å². The summed E-state index contributed by atoms with van der Waals surface area (Å²) in [6.45, 7) is 3.69. The van der Waals surface area contributed by atoms with E-state index in [0.29, 0.717) is 17.0 Å². The standard InChI is InChI=1S/C26H25FN4O4/c1-16-13-30(15-28-16)23-10-9-21(12-24(23)34-3)29-22-11-19(26(33)35-4)14-31(25(22)32)17(2)18-5-7-20(27)8-6-18/h5-15,17,29H,1-4H3/t17-/m0/s1. The molecule has 2 heterocycles. The molecule has 2 aromatic heterocycles. The molecule has 0 unspecified atom stereocenters. The fourth-order valence-electron chi connectivity index (χ4n) is 3.79. The Morgan fingerprint density at radius 2 is 1.83 bits per heavy atom. The van der Waals surface area contributed by atoms with Crippen LogP contribution in [0, 0.1) is 12.7 Å². The SMILES string of the molecule is COC(=O)c1cc(Nc2ccc(-n3cnc(C)c3)c(OC)c2)c(=O)n([C@@H](C)c2ccc(F)cc2)c1. The van der Waals surface area contributed by atoms with Crippen molar-refractivity contribution in [1.29, 1.82) is 0 Å². The van der Waals surface area contributed by atoms with Gasteiger partial charge < -0.3 is 23.9 Å². The highest BCUT2D eigenvalue weighted by molar-refractivity contribution is 5.90. The Kier molecular flexibility index (Phi) is 6.68. The third-order valence-electron chi connectivity index (χ3n) is 5.68. The topological polar surface area (TPSA) is 87.4 Å². The molecule has 180 valence electrons. The molecule has 0 aliphatic carbocycles. The number of halogens is 1. The summed E-state index contributed by atoms with van der Waals surface area (Å²) in [4.78, 5) is 30.0. The minimum atomic E-state index is -0.587. The molecule has 0 aliphatic heterocycles. The summed E-state index contributed by atoms with van der Waals surface area (Å²) < 4.78 is 27.1. The number of nitrogens with one attached hydrogen (secondary N) is 1. The second-order valence-electron chi connectivity index (χ2n) is 8.01. The number of hydrogen-bond acceptors (Lipinski definition) is 6. The molecule has 8 nitrogen and oxygen atoms in total. The maximum atomic E-state index is 13.4. The number of rotatable bonds is 7. The van der Waals surface area contributed by atoms with Gasteiger partial charge >= 0.3 is 5.97 Å². The van der Waals surface area contributed by atoms with Crippen molar-refractivity contribution in [3.63, 3.8) is 0 Å². The summed E-state index contributed by atoms with van der Waals surface area (Å²) in [6, 6.07) is 12.2. The summed E-state index contributed by atoms with van der Waals surface area (Å²) >= 11 is 0. The van der Waals surface area contributed by atoms with Crippen LogP contribution in [0.1, 0.15) is 34.6 Å². The number of aryl methyl sites for hydroxylation is 1. The van der Waals surface area contributed by atoms with E-state index >= 15 is 0 Å². The second-order valence-corrected chi connectivity index (χ2v) is 8.01. The molecule has 0 aliphatic rings. The van der Waals surface area contributed by atoms with Crippen molar-refractivity contribution in [2.75, 3.05) is 19.5 Å². The van der Waals surface area contributed by atoms with Crippen LogP contribution in [0.4, 0.5) is 15.8 Å². The van der Waals surface area contributed by atoms with E-state index in [-0.39, 0.29) is 22.6 Å². The normalized spacial score (nSPS) is 11.7. The van der Waals surface area contributed by atoms with E-state index in [4.69, 9.17) is 9.47 Å². The molecular weight excluding hydrogens is 451 g/mol. The maximum absolute atomic E-state index is 13.4. The van der Waals surface area contributed by atoms with Crippen molar-refractivity contribution in [3.8, 4) is 11.4 Å². The first-order chi connectivity index (χ1) is 16.8. The van der Waals surface area contributed by atoms with E-state index in [1.807, 2.05) is 23.8 Å². The number of nitrogens with zero attached hydrogens (tertiary/aromatic N) is 3. The zero-order chi connectivity index (χ0) is 25.1. The van der Waals surface area contributed by atoms with Crippen molar-refractivity contribution in [1.82, 2.24) is 14.1 Å². The molecule has 0 amide bonds. The van der Waals surface area contributed by atoms with Gasteiger partial charge in [-0.15, -0.1) is 0 Å². The zero-order valence-electron chi connectivity index (χ0n) is 19.8. The molecule has 0 spiro atoms. The van der Waals surface area contributed by atoms with Crippen LogP contribution in [-0.2, 0) is 4.74 Å². The largest absolute Gasteiger partial charge is 0.494 e. The quantitative estimate of drug-likeness (QED) is 0.392. The van der Waals surface area contributed by atoms with Gasteiger partial charge in [-0.2, -0.15) is 0 Å². The number of carbonyl (C=O) groups excluding carboxylic acids is 1. The van der Waals surface area contributed by atoms with Crippen molar-refractivity contribution in [3.05, 3.63) is 100 Å². The van der Waals surface area contributed by atoms with Crippen LogP contribution in [0.2, 0.25) is 0 Å². The average molecular weight is 477 g/mol. The molecular formula is C26H25FN4O4. The lowest BCUT2D eigenvalue weighted by atomic mass is 10.1. The number of methoxy groups -OCH3 is 2. The average Bonchev–Trinajstić information content (AvgIpc) is 3.30. The van der Waals surface area contributed by atoms with Crippen LogP contribution >= 0.6 is 0 Å². The molecule has 0 saturated carbocycles. The number of esters is 1. The molecule has 1 N–H and O–H groups in total. The molecule has 0 fully saturated rings. The zero-order valence-corrected chi connectivity index (χ0v) is 19.8. The Labute approximate surface area is 201 Å². The number of carbonyl (C=O) groups is 1. The number of hydrogen-bond donors (Lipinski definition) is 1. The third-order valence-corrected chi connectivity index (χ3v) is 5.68. The fourth-order valence-corrected chi connectivity index (χ4v) is 3.79. The van der Waals surface area contributed by atoms with E-state index in [9.17, 15) is 14.0 Å². The van der Waals surface area contributed by atoms with Crippen LogP contribution in [0.15, 0.2) is 72.0 Å². The molecule has 0 saturated heterocycles. The Bertz CT molecular complexity index is 1430. The summed E-state index contributed by atoms with van der Waals surface area (Å²) in [5, 5.41) is 3.10. The van der Waals surface area contributed by atoms with Crippen LogP contribution in [0.5, 0.6) is 5.75 Å². The van der Waals surface area contributed by atoms with Gasteiger partial charge in [0.15, 0.2) is 0 Å². The fraction of sp³-hybridized carbons (Fsp3) is 0.192. The van der Waals surface area contributed by atoms with Gasteiger partial charge in [0.05, 0.1) is 43.5 Å². The first kappa shape index (κ1) is 23.7. The Hall–Kier alpha value is -4.40. The van der Waals surface area contributed by atoms with Crippen molar-refractivity contribution < 1.29 is 18.7 Å². The van der Waals surface area contributed by atoms with E-state index in [0.717, 1.165) is 11.4 Å². The number of imidazole rings is 1. The van der Waals surface area contributed by atoms with Crippen molar-refractivity contribution in [2.45, 2.75) is 19.9 Å². The van der Waals surface area contributed by atoms with Crippen LogP contribution in [0.25, 0.3) is 5.69 Å². The molecule has 1 atom stereocenters. The Balaban J connectivity index is 1.75. The predicted molar refractivity (Wildman–Crippen MR) is 130 cm³/mol. The minimum absolute atomic E-state index is 0.176. The molecule has 4 rings (SSSR count). The van der Waals surface area contributed by atoms with Crippen LogP contribution in [0.3, 0.4) is 0 Å². The van der Waals surface area contributed by atoms with E-state index in [1.54, 1.807) is 44.6 Å². The number of ether oxygens (including phenoxy) is 2. The highest BCUT2D eigenvalue weighted by Crippen LogP contribution is 2.28. The molecule has 35 heavy (non-hydrogen) atoms. The third kappa shape index (κ3) is 4.93. The Morgan fingerprint density at radius 3 is 2.46 bits per heavy atom. The summed E-state index contributed by atoms with van der Waals surface area (Å²) in [5.74, 6) is -0.393. The van der Waals surface area contributed by atoms with E-state index < -0.39 is 12.0 Å². The highest BCUT2D eigenvalue weighted by Gasteiger charge is 2.18. The van der Waals surface area contributed by atoms with E-state index in [1.165, 1.54) is 36.1 Å². The lowest BCUT2D eigenvalue weighted by Gasteiger charge is -2.19. The number of pyridine rings is 1. The summed E-state index contributed by atoms with van der Waals surface area (Å²) in [7, 11) is 2.83. The predicted octanol–water partition coefficient (Wildman–Crippen LogP) is 4.63. The van der Waals surface area contributed by atoms with Gasteiger partial charge in [-0.3, -0.25) is 4.79 Å². The van der Waals surface area contributed by atoms with Gasteiger partial charge in [-0.25, -0.2) is 14.2 Å². The lowest BCUT2D eigenvalue weighted by molar-refractivity contribution is 0.0599. The molecule has 2 aromatic carbocycles. The number of anilines is 2. The van der Waals surface area contributed by atoms with E-state index in [2.05, 4.69) is 10.3 Å². The maximum Gasteiger partial charge on any atom is 0.339 e. The minimum Gasteiger partial charge on any atom is -0.494 e. The molecule has 4 aromatic rings. The number of aromatic nitrogens is 3. The summed E-state index contributed by atoms with van der Waals surface area (Å²) in [6.07, 6.45) is 5.01. The van der Waals surface area contributed by atoms with Crippen LogP contribution in [-0.4, -0.2) is 34.3 Å². The van der Waals surface area contributed by atoms with Crippen molar-refractivity contribution >= 4 is 17.3 Å². The van der Waals surface area contributed by atoms with Gasteiger partial charge in [0, 0.05) is 24.1 Å². The monoisotopic (exact) mass is 476 g/mol. The van der Waals surface area contributed by atoms with Crippen LogP contribution < -0.4 is 15.6 Å². The first-order valence-electron chi connectivity index (χ1n) is 10.9. The highest BCUT2D eigenvalue weighted by atomic mass is 19.1. The molecule has 0 radical (unpaired) electrons. The summed E-state index contributed by atoms with van der Waals surface area (Å²) in [5.41, 5.74) is 2.96. The van der Waals surface area contributed by atoms with Gasteiger partial charge in [0.25, 0.3) is 5.56 Å². The van der Waals surface area contributed by atoms with Gasteiger partial charge in [0.1, 0.15) is 17.3 Å². The second kappa shape index (κ2) is 9.84. The van der Waals surface area contributed by atoms with Gasteiger partial charge in [0.2, 0.25) is 0 Å². The lowest BCUT2D eigenvalue weighted by Crippen LogP contribution is -2.27. The van der Waals surface area contributed by atoms with Gasteiger partial charge in [-0.1, -0.05) is 12.1 Å². The molecule has 0 bridgehead atoms. The molecule has 9 heteroatoms. The smallest absolute Gasteiger partial charge is 0.339 e. The van der Waals surface area contributed by atoms with Gasteiger partial charge in [-0.05, 0) is 49.7 Å². The number of benzene rings is 2.